The Bertz CT molecular complexity index is 406. The van der Waals surface area contributed by atoms with Crippen molar-refractivity contribution < 1.29 is 13.2 Å². The quantitative estimate of drug-likeness (QED) is 0.688. The van der Waals surface area contributed by atoms with E-state index in [4.69, 9.17) is 11.6 Å². The maximum Gasteiger partial charge on any atom is 0.441 e. The first kappa shape index (κ1) is 18.7. The minimum absolute atomic E-state index is 0.0456. The standard InChI is InChI=1S/C15H21ClF3NS/c1-11(2)9-20-10-13(7-8-21-15(17,18)19)12-3-5-14(16)6-4-12/h3-6,11,13,20H,7-10H2,1-2H3. The molecule has 0 heterocycles. The van der Waals surface area contributed by atoms with E-state index in [1.54, 1.807) is 12.1 Å². The van der Waals surface area contributed by atoms with Gasteiger partial charge in [0, 0.05) is 17.3 Å². The zero-order valence-corrected chi connectivity index (χ0v) is 13.8. The molecule has 1 rings (SSSR count). The summed E-state index contributed by atoms with van der Waals surface area (Å²) in [5.74, 6) is 0.649. The van der Waals surface area contributed by atoms with Gasteiger partial charge in [0.2, 0.25) is 0 Å². The van der Waals surface area contributed by atoms with Crippen LogP contribution in [0.4, 0.5) is 13.2 Å². The maximum absolute atomic E-state index is 12.2. The van der Waals surface area contributed by atoms with Gasteiger partial charge < -0.3 is 5.32 Å². The van der Waals surface area contributed by atoms with E-state index in [1.165, 1.54) is 0 Å². The first-order valence-corrected chi connectivity index (χ1v) is 8.31. The molecular formula is C15H21ClF3NS. The lowest BCUT2D eigenvalue weighted by atomic mass is 9.96. The predicted octanol–water partition coefficient (Wildman–Crippen LogP) is 5.31. The molecular weight excluding hydrogens is 319 g/mol. The zero-order chi connectivity index (χ0) is 15.9. The Morgan fingerprint density at radius 2 is 1.76 bits per heavy atom. The van der Waals surface area contributed by atoms with E-state index in [9.17, 15) is 13.2 Å². The van der Waals surface area contributed by atoms with E-state index in [2.05, 4.69) is 19.2 Å². The van der Waals surface area contributed by atoms with E-state index in [-0.39, 0.29) is 23.4 Å². The molecule has 6 heteroatoms. The predicted molar refractivity (Wildman–Crippen MR) is 85.0 cm³/mol. The second kappa shape index (κ2) is 8.91. The summed E-state index contributed by atoms with van der Waals surface area (Å²) in [5.41, 5.74) is -3.13. The Morgan fingerprint density at radius 1 is 1.14 bits per heavy atom. The van der Waals surface area contributed by atoms with Gasteiger partial charge in [-0.1, -0.05) is 49.3 Å². The third-order valence-electron chi connectivity index (χ3n) is 3.02. The van der Waals surface area contributed by atoms with Crippen LogP contribution in [0.15, 0.2) is 24.3 Å². The highest BCUT2D eigenvalue weighted by molar-refractivity contribution is 8.00. The van der Waals surface area contributed by atoms with Crippen LogP contribution in [0.1, 0.15) is 31.7 Å². The van der Waals surface area contributed by atoms with Crippen molar-refractivity contribution in [1.29, 1.82) is 0 Å². The molecule has 0 aliphatic heterocycles. The van der Waals surface area contributed by atoms with Gasteiger partial charge in [-0.25, -0.2) is 0 Å². The Morgan fingerprint density at radius 3 is 2.29 bits per heavy atom. The molecule has 1 atom stereocenters. The Kier molecular flexibility index (Phi) is 7.92. The summed E-state index contributed by atoms with van der Waals surface area (Å²) in [6, 6.07) is 7.34. The summed E-state index contributed by atoms with van der Waals surface area (Å²) in [7, 11) is 0. The van der Waals surface area contributed by atoms with Crippen molar-refractivity contribution in [2.24, 2.45) is 5.92 Å². The van der Waals surface area contributed by atoms with Crippen LogP contribution in [0.25, 0.3) is 0 Å². The van der Waals surface area contributed by atoms with E-state index < -0.39 is 5.51 Å². The molecule has 1 aromatic carbocycles. The minimum atomic E-state index is -4.16. The molecule has 120 valence electrons. The lowest BCUT2D eigenvalue weighted by Gasteiger charge is -2.19. The first-order chi connectivity index (χ1) is 9.78. The van der Waals surface area contributed by atoms with Crippen LogP contribution in [0, 0.1) is 5.92 Å². The molecule has 0 aromatic heterocycles. The number of thioether (sulfide) groups is 1. The average molecular weight is 340 g/mol. The molecule has 0 saturated heterocycles. The van der Waals surface area contributed by atoms with Crippen LogP contribution in [0.5, 0.6) is 0 Å². The SMILES string of the molecule is CC(C)CNCC(CCSC(F)(F)F)c1ccc(Cl)cc1. The van der Waals surface area contributed by atoms with Crippen LogP contribution in [-0.4, -0.2) is 24.4 Å². The van der Waals surface area contributed by atoms with Crippen molar-refractivity contribution in [2.45, 2.75) is 31.7 Å². The third kappa shape index (κ3) is 8.59. The molecule has 21 heavy (non-hydrogen) atoms. The van der Waals surface area contributed by atoms with Crippen LogP contribution >= 0.6 is 23.4 Å². The van der Waals surface area contributed by atoms with Crippen molar-refractivity contribution in [3.8, 4) is 0 Å². The van der Waals surface area contributed by atoms with E-state index in [0.717, 1.165) is 12.1 Å². The van der Waals surface area contributed by atoms with Gasteiger partial charge in [-0.05, 0) is 42.5 Å². The van der Waals surface area contributed by atoms with E-state index >= 15 is 0 Å². The van der Waals surface area contributed by atoms with Crippen molar-refractivity contribution in [1.82, 2.24) is 5.32 Å². The molecule has 1 nitrogen and oxygen atoms in total. The van der Waals surface area contributed by atoms with Gasteiger partial charge in [0.25, 0.3) is 0 Å². The molecule has 1 aromatic rings. The number of hydrogen-bond acceptors (Lipinski definition) is 2. The summed E-state index contributed by atoms with van der Waals surface area (Å²) < 4.78 is 36.7. The minimum Gasteiger partial charge on any atom is -0.316 e. The van der Waals surface area contributed by atoms with Gasteiger partial charge in [-0.2, -0.15) is 13.2 Å². The summed E-state index contributed by atoms with van der Waals surface area (Å²) in [6.45, 7) is 5.74. The molecule has 1 unspecified atom stereocenters. The largest absolute Gasteiger partial charge is 0.441 e. The fraction of sp³-hybridized carbons (Fsp3) is 0.600. The molecule has 0 saturated carbocycles. The molecule has 0 fully saturated rings. The second-order valence-electron chi connectivity index (χ2n) is 5.38. The molecule has 0 bridgehead atoms. The summed E-state index contributed by atoms with van der Waals surface area (Å²) in [4.78, 5) is 0. The highest BCUT2D eigenvalue weighted by Crippen LogP contribution is 2.33. The van der Waals surface area contributed by atoms with E-state index in [1.807, 2.05) is 12.1 Å². The number of benzene rings is 1. The maximum atomic E-state index is 12.2. The summed E-state index contributed by atoms with van der Waals surface area (Å²) >= 11 is 5.90. The van der Waals surface area contributed by atoms with Crippen LogP contribution < -0.4 is 5.32 Å². The van der Waals surface area contributed by atoms with Gasteiger partial charge in [-0.3, -0.25) is 0 Å². The van der Waals surface area contributed by atoms with Gasteiger partial charge in [0.05, 0.1) is 0 Å². The smallest absolute Gasteiger partial charge is 0.316 e. The lowest BCUT2D eigenvalue weighted by molar-refractivity contribution is -0.0328. The highest BCUT2D eigenvalue weighted by atomic mass is 35.5. The number of halogens is 4. The molecule has 0 spiro atoms. The fourth-order valence-electron chi connectivity index (χ4n) is 1.98. The van der Waals surface area contributed by atoms with Crippen LogP contribution in [-0.2, 0) is 0 Å². The topological polar surface area (TPSA) is 12.0 Å². The highest BCUT2D eigenvalue weighted by Gasteiger charge is 2.28. The van der Waals surface area contributed by atoms with Gasteiger partial charge in [0.1, 0.15) is 0 Å². The monoisotopic (exact) mass is 339 g/mol. The molecule has 0 radical (unpaired) electrons. The van der Waals surface area contributed by atoms with Crippen molar-refractivity contribution >= 4 is 23.4 Å². The number of alkyl halides is 3. The molecule has 0 aliphatic carbocycles. The molecule has 0 amide bonds. The zero-order valence-electron chi connectivity index (χ0n) is 12.2. The van der Waals surface area contributed by atoms with E-state index in [0.29, 0.717) is 23.9 Å². The lowest BCUT2D eigenvalue weighted by Crippen LogP contribution is -2.26. The molecule has 1 N–H and O–H groups in total. The second-order valence-corrected chi connectivity index (χ2v) is 6.98. The normalized spacial score (nSPS) is 13.7. The first-order valence-electron chi connectivity index (χ1n) is 6.95. The molecule has 0 aliphatic rings. The Balaban J connectivity index is 2.59. The summed E-state index contributed by atoms with van der Waals surface area (Å²) in [5, 5.41) is 3.96. The fourth-order valence-corrected chi connectivity index (χ4v) is 2.74. The van der Waals surface area contributed by atoms with Crippen LogP contribution in [0.2, 0.25) is 5.02 Å². The Labute approximate surface area is 133 Å². The number of rotatable bonds is 8. The van der Waals surface area contributed by atoms with Gasteiger partial charge >= 0.3 is 5.51 Å². The van der Waals surface area contributed by atoms with Crippen molar-refractivity contribution in [3.05, 3.63) is 34.9 Å². The van der Waals surface area contributed by atoms with Crippen molar-refractivity contribution in [2.75, 3.05) is 18.8 Å². The number of hydrogen-bond donors (Lipinski definition) is 1. The number of nitrogens with one attached hydrogen (secondary N) is 1. The average Bonchev–Trinajstić information content (AvgIpc) is 2.36. The summed E-state index contributed by atoms with van der Waals surface area (Å²) in [6.07, 6.45) is 0.483. The Hall–Kier alpha value is -0.390. The third-order valence-corrected chi connectivity index (χ3v) is 4.04. The van der Waals surface area contributed by atoms with Crippen molar-refractivity contribution in [3.63, 3.8) is 0 Å². The van der Waals surface area contributed by atoms with Gasteiger partial charge in [0.15, 0.2) is 0 Å². The van der Waals surface area contributed by atoms with Crippen LogP contribution in [0.3, 0.4) is 0 Å². The van der Waals surface area contributed by atoms with Gasteiger partial charge in [-0.15, -0.1) is 0 Å².